The Morgan fingerprint density at radius 1 is 1.32 bits per heavy atom. The second-order valence-corrected chi connectivity index (χ2v) is 5.48. The summed E-state index contributed by atoms with van der Waals surface area (Å²) >= 11 is 1.74. The van der Waals surface area contributed by atoms with Gasteiger partial charge in [0.15, 0.2) is 0 Å². The number of benzene rings is 1. The van der Waals surface area contributed by atoms with E-state index in [1.807, 2.05) is 5.51 Å². The van der Waals surface area contributed by atoms with Gasteiger partial charge in [0, 0.05) is 25.1 Å². The van der Waals surface area contributed by atoms with E-state index in [-0.39, 0.29) is 0 Å². The Morgan fingerprint density at radius 2 is 2.16 bits per heavy atom. The first-order valence-electron chi connectivity index (χ1n) is 6.46. The molecule has 2 rings (SSSR count). The number of nitrogens with zero attached hydrogens (tertiary/aromatic N) is 1. The van der Waals surface area contributed by atoms with Crippen LogP contribution in [0.25, 0.3) is 0 Å². The Labute approximate surface area is 118 Å². The van der Waals surface area contributed by atoms with E-state index in [0.717, 1.165) is 25.2 Å². The molecule has 102 valence electrons. The predicted molar refractivity (Wildman–Crippen MR) is 79.4 cm³/mol. The summed E-state index contributed by atoms with van der Waals surface area (Å²) in [4.78, 5) is 5.64. The van der Waals surface area contributed by atoms with Gasteiger partial charge < -0.3 is 10.1 Å². The number of rotatable bonds is 7. The topological polar surface area (TPSA) is 34.1 Å². The van der Waals surface area contributed by atoms with E-state index in [0.29, 0.717) is 6.61 Å². The van der Waals surface area contributed by atoms with Crippen molar-refractivity contribution >= 4 is 11.3 Å². The summed E-state index contributed by atoms with van der Waals surface area (Å²) in [7, 11) is 1.72. The summed E-state index contributed by atoms with van der Waals surface area (Å²) in [5.74, 6) is 0. The van der Waals surface area contributed by atoms with Crippen LogP contribution in [0.4, 0.5) is 0 Å². The highest BCUT2D eigenvalue weighted by Gasteiger charge is 2.01. The van der Waals surface area contributed by atoms with E-state index >= 15 is 0 Å². The van der Waals surface area contributed by atoms with Crippen molar-refractivity contribution in [2.75, 3.05) is 13.7 Å². The SMILES string of the molecule is COCc1cccc(CNCCc2scnc2C)c1. The molecule has 1 N–H and O–H groups in total. The molecule has 0 unspecified atom stereocenters. The third-order valence-electron chi connectivity index (χ3n) is 3.01. The zero-order valence-electron chi connectivity index (χ0n) is 11.5. The van der Waals surface area contributed by atoms with E-state index in [1.165, 1.54) is 16.0 Å². The second kappa shape index (κ2) is 7.38. The molecule has 0 amide bonds. The Bertz CT molecular complexity index is 510. The van der Waals surface area contributed by atoms with Crippen LogP contribution in [0.3, 0.4) is 0 Å². The maximum absolute atomic E-state index is 5.14. The van der Waals surface area contributed by atoms with Gasteiger partial charge in [-0.05, 0) is 24.5 Å². The minimum atomic E-state index is 0.675. The van der Waals surface area contributed by atoms with Gasteiger partial charge in [-0.2, -0.15) is 0 Å². The van der Waals surface area contributed by atoms with Crippen LogP contribution in [0.5, 0.6) is 0 Å². The zero-order chi connectivity index (χ0) is 13.5. The van der Waals surface area contributed by atoms with E-state index in [4.69, 9.17) is 4.74 Å². The Kier molecular flexibility index (Phi) is 5.51. The van der Waals surface area contributed by atoms with Crippen molar-refractivity contribution in [1.82, 2.24) is 10.3 Å². The molecule has 1 aromatic carbocycles. The number of aryl methyl sites for hydroxylation is 1. The van der Waals surface area contributed by atoms with Crippen molar-refractivity contribution in [2.24, 2.45) is 0 Å². The highest BCUT2D eigenvalue weighted by molar-refractivity contribution is 7.09. The monoisotopic (exact) mass is 276 g/mol. The van der Waals surface area contributed by atoms with Gasteiger partial charge in [-0.3, -0.25) is 0 Å². The molecule has 0 saturated heterocycles. The number of methoxy groups -OCH3 is 1. The number of nitrogens with one attached hydrogen (secondary N) is 1. The first kappa shape index (κ1) is 14.2. The lowest BCUT2D eigenvalue weighted by Crippen LogP contribution is -2.16. The third-order valence-corrected chi connectivity index (χ3v) is 4.00. The fourth-order valence-electron chi connectivity index (χ4n) is 2.00. The number of aromatic nitrogens is 1. The third kappa shape index (κ3) is 4.42. The molecule has 19 heavy (non-hydrogen) atoms. The molecule has 0 aliphatic rings. The lowest BCUT2D eigenvalue weighted by molar-refractivity contribution is 0.185. The Morgan fingerprint density at radius 3 is 2.89 bits per heavy atom. The highest BCUT2D eigenvalue weighted by Crippen LogP contribution is 2.12. The van der Waals surface area contributed by atoms with Crippen molar-refractivity contribution in [1.29, 1.82) is 0 Å². The lowest BCUT2D eigenvalue weighted by Gasteiger charge is -2.06. The van der Waals surface area contributed by atoms with E-state index in [9.17, 15) is 0 Å². The molecule has 0 bridgehead atoms. The van der Waals surface area contributed by atoms with Crippen LogP contribution >= 0.6 is 11.3 Å². The average molecular weight is 276 g/mol. The molecule has 0 atom stereocenters. The van der Waals surface area contributed by atoms with Crippen molar-refractivity contribution < 1.29 is 4.74 Å². The van der Waals surface area contributed by atoms with Crippen LogP contribution in [0.15, 0.2) is 29.8 Å². The zero-order valence-corrected chi connectivity index (χ0v) is 12.3. The molecule has 2 aromatic rings. The van der Waals surface area contributed by atoms with Gasteiger partial charge in [-0.1, -0.05) is 24.3 Å². The first-order chi connectivity index (χ1) is 9.29. The van der Waals surface area contributed by atoms with Crippen LogP contribution in [0.2, 0.25) is 0 Å². The van der Waals surface area contributed by atoms with Crippen molar-refractivity contribution in [2.45, 2.75) is 26.5 Å². The molecule has 0 aliphatic heterocycles. The minimum absolute atomic E-state index is 0.675. The fraction of sp³-hybridized carbons (Fsp3) is 0.400. The average Bonchev–Trinajstić information content (AvgIpc) is 2.81. The molecule has 0 saturated carbocycles. The smallest absolute Gasteiger partial charge is 0.0797 e. The van der Waals surface area contributed by atoms with Gasteiger partial charge in [-0.15, -0.1) is 11.3 Å². The molecule has 3 nitrogen and oxygen atoms in total. The highest BCUT2D eigenvalue weighted by atomic mass is 32.1. The van der Waals surface area contributed by atoms with E-state index in [2.05, 4.69) is 41.5 Å². The molecular formula is C15H20N2OS. The molecular weight excluding hydrogens is 256 g/mol. The largest absolute Gasteiger partial charge is 0.380 e. The van der Waals surface area contributed by atoms with Crippen molar-refractivity contribution in [3.8, 4) is 0 Å². The lowest BCUT2D eigenvalue weighted by atomic mass is 10.1. The van der Waals surface area contributed by atoms with Gasteiger partial charge in [0.25, 0.3) is 0 Å². The quantitative estimate of drug-likeness (QED) is 0.790. The van der Waals surface area contributed by atoms with Gasteiger partial charge in [-0.25, -0.2) is 4.98 Å². The Hall–Kier alpha value is -1.23. The van der Waals surface area contributed by atoms with Crippen LogP contribution in [0.1, 0.15) is 21.7 Å². The summed E-state index contributed by atoms with van der Waals surface area (Å²) in [6.07, 6.45) is 1.05. The summed E-state index contributed by atoms with van der Waals surface area (Å²) in [6.45, 7) is 4.63. The first-order valence-corrected chi connectivity index (χ1v) is 7.34. The number of hydrogen-bond donors (Lipinski definition) is 1. The molecule has 0 aliphatic carbocycles. The Balaban J connectivity index is 1.76. The summed E-state index contributed by atoms with van der Waals surface area (Å²) in [6, 6.07) is 8.50. The fourth-order valence-corrected chi connectivity index (χ4v) is 2.78. The van der Waals surface area contributed by atoms with Crippen LogP contribution in [-0.4, -0.2) is 18.6 Å². The molecule has 1 aromatic heterocycles. The molecule has 0 fully saturated rings. The second-order valence-electron chi connectivity index (χ2n) is 4.54. The van der Waals surface area contributed by atoms with E-state index in [1.54, 1.807) is 18.4 Å². The molecule has 0 radical (unpaired) electrons. The molecule has 0 spiro atoms. The van der Waals surface area contributed by atoms with Crippen LogP contribution in [-0.2, 0) is 24.3 Å². The molecule has 4 heteroatoms. The summed E-state index contributed by atoms with van der Waals surface area (Å²) < 4.78 is 5.14. The number of hydrogen-bond acceptors (Lipinski definition) is 4. The minimum Gasteiger partial charge on any atom is -0.380 e. The van der Waals surface area contributed by atoms with Crippen LogP contribution in [0, 0.1) is 6.92 Å². The van der Waals surface area contributed by atoms with Gasteiger partial charge in [0.1, 0.15) is 0 Å². The maximum Gasteiger partial charge on any atom is 0.0797 e. The summed E-state index contributed by atoms with van der Waals surface area (Å²) in [5, 5.41) is 3.47. The number of ether oxygens (including phenoxy) is 1. The maximum atomic E-state index is 5.14. The van der Waals surface area contributed by atoms with Gasteiger partial charge in [0.05, 0.1) is 17.8 Å². The molecule has 1 heterocycles. The summed E-state index contributed by atoms with van der Waals surface area (Å²) in [5.41, 5.74) is 5.60. The van der Waals surface area contributed by atoms with E-state index < -0.39 is 0 Å². The van der Waals surface area contributed by atoms with Crippen molar-refractivity contribution in [3.05, 3.63) is 51.5 Å². The van der Waals surface area contributed by atoms with Crippen molar-refractivity contribution in [3.63, 3.8) is 0 Å². The van der Waals surface area contributed by atoms with Crippen LogP contribution < -0.4 is 5.32 Å². The normalized spacial score (nSPS) is 10.8. The van der Waals surface area contributed by atoms with Gasteiger partial charge in [0.2, 0.25) is 0 Å². The van der Waals surface area contributed by atoms with Gasteiger partial charge >= 0.3 is 0 Å². The standard InChI is InChI=1S/C15H20N2OS/c1-12-15(19-11-17-12)6-7-16-9-13-4-3-5-14(8-13)10-18-2/h3-5,8,11,16H,6-7,9-10H2,1-2H3. The number of thiazole rings is 1. The predicted octanol–water partition coefficient (Wildman–Crippen LogP) is 2.93.